The molecule has 1 amide bonds. The number of amidine groups is 1. The number of hydrogen-bond acceptors (Lipinski definition) is 5. The van der Waals surface area contributed by atoms with E-state index in [2.05, 4.69) is 47.6 Å². The molecule has 2 unspecified atom stereocenters. The monoisotopic (exact) mass is 448 g/mol. The van der Waals surface area contributed by atoms with E-state index in [1.165, 1.54) is 12.8 Å². The lowest BCUT2D eigenvalue weighted by molar-refractivity contribution is -0.123. The SMILES string of the molecule is CCCCC(N=C1NS(=O)(=O)c2ccccc21)C(=O)NCC(C)(C)N1CCCC(C)C1. The molecule has 0 aliphatic carbocycles. The van der Waals surface area contributed by atoms with Crippen molar-refractivity contribution in [3.63, 3.8) is 0 Å². The van der Waals surface area contributed by atoms with E-state index < -0.39 is 16.1 Å². The summed E-state index contributed by atoms with van der Waals surface area (Å²) in [5.74, 6) is 0.779. The molecule has 0 aromatic heterocycles. The summed E-state index contributed by atoms with van der Waals surface area (Å²) < 4.78 is 27.3. The highest BCUT2D eigenvalue weighted by Gasteiger charge is 2.33. The number of nitrogens with one attached hydrogen (secondary N) is 2. The van der Waals surface area contributed by atoms with Crippen LogP contribution in [-0.2, 0) is 14.8 Å². The van der Waals surface area contributed by atoms with Crippen LogP contribution in [0, 0.1) is 5.92 Å². The third kappa shape index (κ3) is 5.66. The number of aliphatic imine (C=N–C) groups is 1. The van der Waals surface area contributed by atoms with Crippen LogP contribution in [0.4, 0.5) is 0 Å². The number of amides is 1. The van der Waals surface area contributed by atoms with Gasteiger partial charge in [0.25, 0.3) is 10.0 Å². The van der Waals surface area contributed by atoms with Crippen LogP contribution >= 0.6 is 0 Å². The van der Waals surface area contributed by atoms with Crippen molar-refractivity contribution in [2.75, 3.05) is 19.6 Å². The van der Waals surface area contributed by atoms with Crippen LogP contribution in [0.15, 0.2) is 34.2 Å². The molecule has 1 aromatic carbocycles. The zero-order chi connectivity index (χ0) is 22.6. The number of hydrogen-bond donors (Lipinski definition) is 2. The van der Waals surface area contributed by atoms with Gasteiger partial charge in [0, 0.05) is 24.2 Å². The minimum atomic E-state index is -3.62. The van der Waals surface area contributed by atoms with Gasteiger partial charge in [-0.1, -0.05) is 38.8 Å². The van der Waals surface area contributed by atoms with E-state index in [-0.39, 0.29) is 22.2 Å². The highest BCUT2D eigenvalue weighted by Crippen LogP contribution is 2.25. The predicted molar refractivity (Wildman–Crippen MR) is 124 cm³/mol. The van der Waals surface area contributed by atoms with Gasteiger partial charge >= 0.3 is 0 Å². The summed E-state index contributed by atoms with van der Waals surface area (Å²) in [7, 11) is -3.62. The molecule has 31 heavy (non-hydrogen) atoms. The summed E-state index contributed by atoms with van der Waals surface area (Å²) in [6.45, 7) is 11.3. The molecular formula is C23H36N4O3S. The Balaban J connectivity index is 1.74. The molecule has 8 heteroatoms. The third-order valence-corrected chi connectivity index (χ3v) is 7.69. The molecule has 2 N–H and O–H groups in total. The first-order chi connectivity index (χ1) is 14.6. The van der Waals surface area contributed by atoms with Crippen molar-refractivity contribution >= 4 is 21.8 Å². The standard InChI is InChI=1S/C23H36N4O3S/c1-5-6-12-19(25-21-18-11-7-8-13-20(18)31(29,30)26-21)22(28)24-16-23(3,4)27-14-9-10-17(2)15-27/h7-8,11,13,17,19H,5-6,9-10,12,14-16H2,1-4H3,(H,24,28)(H,25,26). The highest BCUT2D eigenvalue weighted by molar-refractivity contribution is 7.90. The van der Waals surface area contributed by atoms with Crippen LogP contribution in [-0.4, -0.2) is 56.3 Å². The van der Waals surface area contributed by atoms with E-state index in [1.807, 2.05) is 0 Å². The maximum Gasteiger partial charge on any atom is 0.263 e. The maximum absolute atomic E-state index is 13.1. The van der Waals surface area contributed by atoms with Gasteiger partial charge in [0.05, 0.1) is 4.90 Å². The second-order valence-electron chi connectivity index (χ2n) is 9.46. The Morgan fingerprint density at radius 2 is 2.10 bits per heavy atom. The van der Waals surface area contributed by atoms with Crippen LogP contribution in [0.1, 0.15) is 65.4 Å². The van der Waals surface area contributed by atoms with E-state index in [1.54, 1.807) is 24.3 Å². The Labute approximate surface area is 186 Å². The molecule has 2 heterocycles. The van der Waals surface area contributed by atoms with E-state index in [9.17, 15) is 13.2 Å². The molecule has 172 valence electrons. The topological polar surface area (TPSA) is 90.9 Å². The minimum Gasteiger partial charge on any atom is -0.352 e. The van der Waals surface area contributed by atoms with Crippen molar-refractivity contribution < 1.29 is 13.2 Å². The van der Waals surface area contributed by atoms with Crippen molar-refractivity contribution in [2.45, 2.75) is 76.3 Å². The van der Waals surface area contributed by atoms with Crippen LogP contribution in [0.5, 0.6) is 0 Å². The number of carbonyl (C=O) groups is 1. The molecule has 0 radical (unpaired) electrons. The first-order valence-electron chi connectivity index (χ1n) is 11.4. The van der Waals surface area contributed by atoms with Crippen LogP contribution in [0.2, 0.25) is 0 Å². The molecule has 1 saturated heterocycles. The third-order valence-electron chi connectivity index (χ3n) is 6.29. The van der Waals surface area contributed by atoms with Crippen molar-refractivity contribution in [3.8, 4) is 0 Å². The number of unbranched alkanes of at least 4 members (excludes halogenated alkanes) is 1. The van der Waals surface area contributed by atoms with Crippen molar-refractivity contribution in [1.82, 2.24) is 14.9 Å². The first-order valence-corrected chi connectivity index (χ1v) is 12.8. The average Bonchev–Trinajstić information content (AvgIpc) is 2.99. The number of piperidine rings is 1. The Bertz CT molecular complexity index is 927. The fraction of sp³-hybridized carbons (Fsp3) is 0.652. The maximum atomic E-state index is 13.1. The van der Waals surface area contributed by atoms with Crippen molar-refractivity contribution in [1.29, 1.82) is 0 Å². The normalized spacial score (nSPS) is 23.2. The Morgan fingerprint density at radius 1 is 1.35 bits per heavy atom. The summed E-state index contributed by atoms with van der Waals surface area (Å²) in [5.41, 5.74) is 0.383. The minimum absolute atomic E-state index is 0.145. The van der Waals surface area contributed by atoms with Gasteiger partial charge in [-0.25, -0.2) is 8.42 Å². The van der Waals surface area contributed by atoms with E-state index in [0.717, 1.165) is 25.9 Å². The zero-order valence-electron chi connectivity index (χ0n) is 19.1. The molecule has 2 aliphatic heterocycles. The number of sulfonamides is 1. The van der Waals surface area contributed by atoms with E-state index in [4.69, 9.17) is 0 Å². The van der Waals surface area contributed by atoms with Gasteiger partial charge in [0.2, 0.25) is 5.91 Å². The smallest absolute Gasteiger partial charge is 0.263 e. The Kier molecular flexibility index (Phi) is 7.42. The Morgan fingerprint density at radius 3 is 2.81 bits per heavy atom. The van der Waals surface area contributed by atoms with E-state index in [0.29, 0.717) is 24.4 Å². The summed E-state index contributed by atoms with van der Waals surface area (Å²) in [4.78, 5) is 20.3. The van der Waals surface area contributed by atoms with Gasteiger partial charge in [-0.2, -0.15) is 0 Å². The molecule has 0 saturated carbocycles. The Hall–Kier alpha value is -1.93. The number of nitrogens with zero attached hydrogens (tertiary/aromatic N) is 2. The molecule has 1 fully saturated rings. The lowest BCUT2D eigenvalue weighted by Gasteiger charge is -2.43. The van der Waals surface area contributed by atoms with Crippen molar-refractivity contribution in [2.24, 2.45) is 10.9 Å². The van der Waals surface area contributed by atoms with Crippen LogP contribution < -0.4 is 10.0 Å². The lowest BCUT2D eigenvalue weighted by atomic mass is 9.93. The van der Waals surface area contributed by atoms with Gasteiger partial charge < -0.3 is 5.32 Å². The van der Waals surface area contributed by atoms with Crippen LogP contribution in [0.3, 0.4) is 0 Å². The molecule has 2 atom stereocenters. The number of carbonyl (C=O) groups excluding carboxylic acids is 1. The molecule has 2 aliphatic rings. The predicted octanol–water partition coefficient (Wildman–Crippen LogP) is 2.91. The number of benzene rings is 1. The zero-order valence-corrected chi connectivity index (χ0v) is 20.0. The lowest BCUT2D eigenvalue weighted by Crippen LogP contribution is -2.55. The number of likely N-dealkylation sites (tertiary alicyclic amines) is 1. The number of fused-ring (bicyclic) bond motifs is 1. The molecule has 7 nitrogen and oxygen atoms in total. The fourth-order valence-electron chi connectivity index (χ4n) is 4.31. The molecular weight excluding hydrogens is 412 g/mol. The average molecular weight is 449 g/mol. The molecule has 3 rings (SSSR count). The van der Waals surface area contributed by atoms with Crippen molar-refractivity contribution in [3.05, 3.63) is 29.8 Å². The second kappa shape index (κ2) is 9.69. The molecule has 0 spiro atoms. The first kappa shape index (κ1) is 23.7. The quantitative estimate of drug-likeness (QED) is 0.640. The van der Waals surface area contributed by atoms with Gasteiger partial charge in [-0.15, -0.1) is 0 Å². The highest BCUT2D eigenvalue weighted by atomic mass is 32.2. The summed E-state index contributed by atoms with van der Waals surface area (Å²) >= 11 is 0. The summed E-state index contributed by atoms with van der Waals surface area (Å²) in [5, 5.41) is 3.10. The van der Waals surface area contributed by atoms with Gasteiger partial charge in [-0.05, 0) is 57.7 Å². The molecule has 0 bridgehead atoms. The summed E-state index contributed by atoms with van der Waals surface area (Å²) in [6.07, 6.45) is 4.80. The molecule has 1 aromatic rings. The largest absolute Gasteiger partial charge is 0.352 e. The van der Waals surface area contributed by atoms with Gasteiger partial charge in [-0.3, -0.25) is 19.4 Å². The van der Waals surface area contributed by atoms with E-state index >= 15 is 0 Å². The van der Waals surface area contributed by atoms with Gasteiger partial charge in [0.1, 0.15) is 11.9 Å². The van der Waals surface area contributed by atoms with Gasteiger partial charge in [0.15, 0.2) is 0 Å². The second-order valence-corrected chi connectivity index (χ2v) is 11.1. The fourth-order valence-corrected chi connectivity index (χ4v) is 5.55. The van der Waals surface area contributed by atoms with Crippen LogP contribution in [0.25, 0.3) is 0 Å². The summed E-state index contributed by atoms with van der Waals surface area (Å²) in [6, 6.07) is 6.12. The number of rotatable bonds is 8.